The molecule has 0 aliphatic carbocycles. The molecule has 4 rings (SSSR count). The van der Waals surface area contributed by atoms with E-state index in [1.165, 1.54) is 61.3 Å². The standard InChI is InChI=1S/C22H16O4S4/c1-25-19(23)17-15(13-9-5-3-6-10-13)27-21(29-17)22-28-16(14-11-7-4-8-12-14)18(30-22)20(24)26-2/h3-12H,1-2H3/b22-21+. The summed E-state index contributed by atoms with van der Waals surface area (Å²) >= 11 is 5.84. The quantitative estimate of drug-likeness (QED) is 0.491. The Morgan fingerprint density at radius 2 is 0.967 bits per heavy atom. The number of hydrogen-bond donors (Lipinski definition) is 0. The van der Waals surface area contributed by atoms with Crippen LogP contribution in [0, 0.1) is 0 Å². The summed E-state index contributed by atoms with van der Waals surface area (Å²) in [5.41, 5.74) is 1.92. The van der Waals surface area contributed by atoms with E-state index < -0.39 is 0 Å². The van der Waals surface area contributed by atoms with E-state index in [1.807, 2.05) is 60.7 Å². The van der Waals surface area contributed by atoms with Gasteiger partial charge in [-0.1, -0.05) is 108 Å². The maximum absolute atomic E-state index is 12.4. The minimum atomic E-state index is -0.362. The van der Waals surface area contributed by atoms with Crippen molar-refractivity contribution < 1.29 is 19.1 Å². The van der Waals surface area contributed by atoms with Crippen LogP contribution < -0.4 is 0 Å². The molecule has 0 bridgehead atoms. The van der Waals surface area contributed by atoms with Crippen molar-refractivity contribution in [3.63, 3.8) is 0 Å². The van der Waals surface area contributed by atoms with Crippen LogP contribution in [0.5, 0.6) is 0 Å². The summed E-state index contributed by atoms with van der Waals surface area (Å²) in [5, 5.41) is 0. The van der Waals surface area contributed by atoms with E-state index in [2.05, 4.69) is 0 Å². The first kappa shape index (κ1) is 21.2. The van der Waals surface area contributed by atoms with E-state index in [0.717, 1.165) is 29.4 Å². The Kier molecular flexibility index (Phi) is 6.67. The smallest absolute Gasteiger partial charge is 0.345 e. The molecule has 0 spiro atoms. The van der Waals surface area contributed by atoms with E-state index in [1.54, 1.807) is 0 Å². The van der Waals surface area contributed by atoms with Crippen molar-refractivity contribution in [2.45, 2.75) is 0 Å². The molecular formula is C22H16O4S4. The third-order valence-corrected chi connectivity index (χ3v) is 9.94. The molecule has 30 heavy (non-hydrogen) atoms. The molecule has 2 aliphatic heterocycles. The Balaban J connectivity index is 1.70. The van der Waals surface area contributed by atoms with Crippen LogP contribution in [-0.4, -0.2) is 26.2 Å². The highest BCUT2D eigenvalue weighted by Crippen LogP contribution is 2.63. The van der Waals surface area contributed by atoms with Crippen LogP contribution in [0.1, 0.15) is 11.1 Å². The third kappa shape index (κ3) is 4.23. The summed E-state index contributed by atoms with van der Waals surface area (Å²) in [4.78, 5) is 27.7. The molecule has 2 aromatic carbocycles. The maximum atomic E-state index is 12.4. The van der Waals surface area contributed by atoms with Gasteiger partial charge in [-0.25, -0.2) is 9.59 Å². The van der Waals surface area contributed by atoms with Crippen molar-refractivity contribution in [3.05, 3.63) is 90.1 Å². The van der Waals surface area contributed by atoms with Gasteiger partial charge in [-0.05, 0) is 11.1 Å². The first-order valence-electron chi connectivity index (χ1n) is 8.84. The van der Waals surface area contributed by atoms with E-state index in [9.17, 15) is 9.59 Å². The fourth-order valence-electron chi connectivity index (χ4n) is 2.78. The number of methoxy groups -OCH3 is 2. The predicted octanol–water partition coefficient (Wildman–Crippen LogP) is 6.16. The van der Waals surface area contributed by atoms with Crippen molar-refractivity contribution in [3.8, 4) is 0 Å². The zero-order chi connectivity index (χ0) is 21.1. The number of hydrogen-bond acceptors (Lipinski definition) is 8. The molecule has 2 aromatic rings. The van der Waals surface area contributed by atoms with Crippen LogP contribution in [0.15, 0.2) is 78.9 Å². The predicted molar refractivity (Wildman–Crippen MR) is 128 cm³/mol. The van der Waals surface area contributed by atoms with Crippen molar-refractivity contribution in [2.24, 2.45) is 0 Å². The summed E-state index contributed by atoms with van der Waals surface area (Å²) in [7, 11) is 2.77. The molecule has 0 amide bonds. The fraction of sp³-hybridized carbons (Fsp3) is 0.0909. The molecule has 2 aliphatic rings. The Hall–Kier alpha value is -2.00. The summed E-state index contributed by atoms with van der Waals surface area (Å²) in [5.74, 6) is -0.723. The Morgan fingerprint density at radius 3 is 1.30 bits per heavy atom. The van der Waals surface area contributed by atoms with Crippen molar-refractivity contribution in [1.82, 2.24) is 0 Å². The van der Waals surface area contributed by atoms with Crippen molar-refractivity contribution >= 4 is 68.8 Å². The van der Waals surface area contributed by atoms with Crippen molar-refractivity contribution in [1.29, 1.82) is 0 Å². The number of esters is 2. The monoisotopic (exact) mass is 472 g/mol. The number of ether oxygens (including phenoxy) is 2. The van der Waals surface area contributed by atoms with Crippen LogP contribution in [0.25, 0.3) is 9.81 Å². The minimum Gasteiger partial charge on any atom is -0.465 e. The van der Waals surface area contributed by atoms with Gasteiger partial charge in [0, 0.05) is 9.81 Å². The summed E-state index contributed by atoms with van der Waals surface area (Å²) in [6.45, 7) is 0. The highest BCUT2D eigenvalue weighted by atomic mass is 32.2. The van der Waals surface area contributed by atoms with Crippen LogP contribution in [0.4, 0.5) is 0 Å². The first-order valence-corrected chi connectivity index (χ1v) is 12.1. The highest BCUT2D eigenvalue weighted by molar-refractivity contribution is 8.37. The molecule has 4 nitrogen and oxygen atoms in total. The van der Waals surface area contributed by atoms with Gasteiger partial charge >= 0.3 is 11.9 Å². The van der Waals surface area contributed by atoms with Gasteiger partial charge in [-0.15, -0.1) is 0 Å². The number of carbonyl (C=O) groups is 2. The summed E-state index contributed by atoms with van der Waals surface area (Å²) in [6, 6.07) is 19.5. The highest BCUT2D eigenvalue weighted by Gasteiger charge is 2.35. The second-order valence-electron chi connectivity index (χ2n) is 6.01. The summed E-state index contributed by atoms with van der Waals surface area (Å²) in [6.07, 6.45) is 0. The molecule has 0 saturated carbocycles. The third-order valence-electron chi connectivity index (χ3n) is 4.17. The zero-order valence-corrected chi connectivity index (χ0v) is 19.3. The van der Waals surface area contributed by atoms with Crippen LogP contribution in [0.3, 0.4) is 0 Å². The average Bonchev–Trinajstić information content (AvgIpc) is 3.44. The minimum absolute atomic E-state index is 0.362. The lowest BCUT2D eigenvalue weighted by Crippen LogP contribution is -2.01. The zero-order valence-electron chi connectivity index (χ0n) is 16.0. The lowest BCUT2D eigenvalue weighted by Gasteiger charge is -2.04. The van der Waals surface area contributed by atoms with Gasteiger partial charge in [-0.3, -0.25) is 0 Å². The second kappa shape index (κ2) is 9.43. The number of rotatable bonds is 4. The Bertz CT molecular complexity index is 1000. The van der Waals surface area contributed by atoms with Gasteiger partial charge in [0.15, 0.2) is 0 Å². The van der Waals surface area contributed by atoms with Gasteiger partial charge in [0.05, 0.1) is 22.7 Å². The number of carbonyl (C=O) groups excluding carboxylic acids is 2. The second-order valence-corrected chi connectivity index (χ2v) is 10.6. The van der Waals surface area contributed by atoms with Gasteiger partial charge in [-0.2, -0.15) is 0 Å². The van der Waals surface area contributed by atoms with Gasteiger partial charge in [0.1, 0.15) is 9.81 Å². The number of thioether (sulfide) groups is 4. The van der Waals surface area contributed by atoms with Crippen LogP contribution >= 0.6 is 47.0 Å². The molecular weight excluding hydrogens is 457 g/mol. The molecule has 152 valence electrons. The van der Waals surface area contributed by atoms with Crippen LogP contribution in [0.2, 0.25) is 0 Å². The summed E-state index contributed by atoms with van der Waals surface area (Å²) < 4.78 is 11.9. The van der Waals surface area contributed by atoms with E-state index in [0.29, 0.717) is 9.81 Å². The van der Waals surface area contributed by atoms with Crippen LogP contribution in [-0.2, 0) is 19.1 Å². The molecule has 0 saturated heterocycles. The maximum Gasteiger partial charge on any atom is 0.345 e. The normalized spacial score (nSPS) is 18.7. The Morgan fingerprint density at radius 1 is 0.600 bits per heavy atom. The molecule has 0 N–H and O–H groups in total. The van der Waals surface area contributed by atoms with Gasteiger partial charge in [0.25, 0.3) is 0 Å². The molecule has 0 unspecified atom stereocenters. The average molecular weight is 473 g/mol. The Labute approximate surface area is 191 Å². The van der Waals surface area contributed by atoms with Crippen molar-refractivity contribution in [2.75, 3.05) is 14.2 Å². The molecule has 8 heteroatoms. The largest absolute Gasteiger partial charge is 0.465 e. The molecule has 0 aromatic heterocycles. The number of benzene rings is 2. The lowest BCUT2D eigenvalue weighted by atomic mass is 10.2. The van der Waals surface area contributed by atoms with Gasteiger partial charge < -0.3 is 9.47 Å². The molecule has 0 fully saturated rings. The van der Waals surface area contributed by atoms with Gasteiger partial charge in [0.2, 0.25) is 0 Å². The lowest BCUT2D eigenvalue weighted by molar-refractivity contribution is -0.136. The molecule has 2 heterocycles. The van der Waals surface area contributed by atoms with E-state index in [-0.39, 0.29) is 11.9 Å². The first-order chi connectivity index (χ1) is 14.6. The molecule has 0 radical (unpaired) electrons. The topological polar surface area (TPSA) is 52.6 Å². The van der Waals surface area contributed by atoms with E-state index in [4.69, 9.17) is 9.47 Å². The fourth-order valence-corrected chi connectivity index (χ4v) is 8.30. The van der Waals surface area contributed by atoms with E-state index >= 15 is 0 Å². The SMILES string of the molecule is COC(=O)C1=C(c2ccccc2)S/C(=C2\SC(C(=O)OC)=C(c3ccccc3)S2)S1. The molecule has 0 atom stereocenters.